The Kier molecular flexibility index (Phi) is 4.83. The topological polar surface area (TPSA) is 49.7 Å². The second kappa shape index (κ2) is 7.25. The molecule has 1 aliphatic carbocycles. The van der Waals surface area contributed by atoms with Crippen LogP contribution in [0.2, 0.25) is 0 Å². The Morgan fingerprint density at radius 3 is 2.23 bits per heavy atom. The molecule has 2 aromatic rings. The molecular weight excluding hydrogens is 392 g/mol. The molecule has 0 amide bonds. The Bertz CT molecular complexity index is 883. The highest BCUT2D eigenvalue weighted by molar-refractivity contribution is 9.10. The molecule has 4 rings (SSSR count). The van der Waals surface area contributed by atoms with Gasteiger partial charge in [-0.2, -0.15) is 0 Å². The molecule has 0 saturated carbocycles. The molecule has 0 bridgehead atoms. The molecule has 132 valence electrons. The number of aliphatic imine (C=N–C) groups is 1. The van der Waals surface area contributed by atoms with Gasteiger partial charge in [0.25, 0.3) is 0 Å². The largest absolute Gasteiger partial charge is 0.292 e. The minimum absolute atomic E-state index is 0.0158. The summed E-state index contributed by atoms with van der Waals surface area (Å²) in [6, 6.07) is 14.0. The molecule has 2 aromatic carbocycles. The van der Waals surface area contributed by atoms with Gasteiger partial charge in [0.2, 0.25) is 5.78 Å². The summed E-state index contributed by atoms with van der Waals surface area (Å²) in [5.74, 6) is -0.156. The number of Topliss-reactive ketones (excluding diaryl/α,β-unsaturated/α-hetero) is 2. The second-order valence-corrected chi connectivity index (χ2v) is 7.63. The van der Waals surface area contributed by atoms with Crippen LogP contribution in [0.25, 0.3) is 0 Å². The van der Waals surface area contributed by atoms with Crippen LogP contribution in [0.3, 0.4) is 0 Å². The number of rotatable bonds is 2. The molecule has 1 saturated heterocycles. The monoisotopic (exact) mass is 410 g/mol. The van der Waals surface area contributed by atoms with E-state index in [4.69, 9.17) is 0 Å². The van der Waals surface area contributed by atoms with Gasteiger partial charge in [-0.3, -0.25) is 14.5 Å². The third kappa shape index (κ3) is 3.17. The molecule has 2 aliphatic rings. The number of hydrogen-bond donors (Lipinski definition) is 0. The van der Waals surface area contributed by atoms with Crippen LogP contribution in [-0.2, 0) is 0 Å². The van der Waals surface area contributed by atoms with Crippen LogP contribution in [0, 0.1) is 0 Å². The third-order valence-corrected chi connectivity index (χ3v) is 5.54. The number of ketones is 2. The molecule has 26 heavy (non-hydrogen) atoms. The second-order valence-electron chi connectivity index (χ2n) is 6.71. The maximum Gasteiger partial charge on any atom is 0.210 e. The van der Waals surface area contributed by atoms with Crippen molar-refractivity contribution in [1.82, 2.24) is 4.90 Å². The summed E-state index contributed by atoms with van der Waals surface area (Å²) in [6.07, 6.45) is 3.26. The van der Waals surface area contributed by atoms with Gasteiger partial charge in [0, 0.05) is 15.6 Å². The van der Waals surface area contributed by atoms with Crippen LogP contribution in [0.1, 0.15) is 40.0 Å². The molecule has 1 atom stereocenters. The van der Waals surface area contributed by atoms with E-state index in [1.165, 1.54) is 6.42 Å². The number of likely N-dealkylation sites (tertiary alicyclic amines) is 1. The number of piperidine rings is 1. The Balaban J connectivity index is 1.83. The number of fused-ring (bicyclic) bond motifs is 1. The summed E-state index contributed by atoms with van der Waals surface area (Å²) < 4.78 is 0.949. The molecule has 1 fully saturated rings. The molecule has 0 radical (unpaired) electrons. The fourth-order valence-electron chi connectivity index (χ4n) is 3.71. The van der Waals surface area contributed by atoms with Crippen molar-refractivity contribution >= 4 is 38.9 Å². The van der Waals surface area contributed by atoms with Gasteiger partial charge >= 0.3 is 0 Å². The zero-order valence-corrected chi connectivity index (χ0v) is 15.9. The van der Waals surface area contributed by atoms with E-state index in [0.29, 0.717) is 22.5 Å². The molecule has 1 aliphatic heterocycles. The molecule has 4 nitrogen and oxygen atoms in total. The van der Waals surface area contributed by atoms with E-state index < -0.39 is 6.04 Å². The van der Waals surface area contributed by atoms with Crippen LogP contribution in [0.15, 0.2) is 58.0 Å². The minimum atomic E-state index is -0.582. The first kappa shape index (κ1) is 17.3. The van der Waals surface area contributed by atoms with Gasteiger partial charge in [-0.25, -0.2) is 4.99 Å². The van der Waals surface area contributed by atoms with E-state index >= 15 is 0 Å². The summed E-state index contributed by atoms with van der Waals surface area (Å²) in [6.45, 7) is 1.65. The van der Waals surface area contributed by atoms with Crippen molar-refractivity contribution in [1.29, 1.82) is 0 Å². The lowest BCUT2D eigenvalue weighted by molar-refractivity contribution is 0.0831. The summed E-state index contributed by atoms with van der Waals surface area (Å²) >= 11 is 3.41. The Labute approximate surface area is 161 Å². The van der Waals surface area contributed by atoms with Crippen molar-refractivity contribution in [2.75, 3.05) is 13.1 Å². The molecule has 0 N–H and O–H groups in total. The average molecular weight is 411 g/mol. The lowest BCUT2D eigenvalue weighted by Gasteiger charge is -2.36. The average Bonchev–Trinajstić information content (AvgIpc) is 2.68. The van der Waals surface area contributed by atoms with E-state index in [1.54, 1.807) is 18.2 Å². The lowest BCUT2D eigenvalue weighted by Crippen LogP contribution is -2.54. The van der Waals surface area contributed by atoms with Gasteiger partial charge in [0.1, 0.15) is 11.8 Å². The van der Waals surface area contributed by atoms with Gasteiger partial charge in [0.15, 0.2) is 5.78 Å². The highest BCUT2D eigenvalue weighted by Gasteiger charge is 2.41. The maximum atomic E-state index is 13.2. The predicted octanol–water partition coefficient (Wildman–Crippen LogP) is 4.46. The molecule has 0 spiro atoms. The standard InChI is InChI=1S/C21H19BrN2O2/c22-14-8-10-15(11-9-14)23-18-19(24-12-4-1-5-13-24)21(26)17-7-3-2-6-16(17)20(18)25/h2-3,6-11,19H,1,4-5,12-13H2. The Morgan fingerprint density at radius 2 is 1.54 bits per heavy atom. The number of benzene rings is 2. The van der Waals surface area contributed by atoms with Crippen molar-refractivity contribution in [3.63, 3.8) is 0 Å². The van der Waals surface area contributed by atoms with Crippen LogP contribution in [0.4, 0.5) is 5.69 Å². The van der Waals surface area contributed by atoms with Crippen LogP contribution in [0.5, 0.6) is 0 Å². The molecule has 5 heteroatoms. The zero-order chi connectivity index (χ0) is 18.1. The van der Waals surface area contributed by atoms with Gasteiger partial charge in [-0.15, -0.1) is 0 Å². The summed E-state index contributed by atoms with van der Waals surface area (Å²) in [5.41, 5.74) is 2.01. The van der Waals surface area contributed by atoms with E-state index in [2.05, 4.69) is 25.8 Å². The zero-order valence-electron chi connectivity index (χ0n) is 14.3. The van der Waals surface area contributed by atoms with Crippen LogP contribution < -0.4 is 0 Å². The molecule has 1 unspecified atom stereocenters. The normalized spacial score (nSPS) is 22.5. The SMILES string of the molecule is O=C1C(=Nc2ccc(Br)cc2)C(N2CCCCC2)C(=O)c2ccccc21. The molecule has 0 aromatic heterocycles. The smallest absolute Gasteiger partial charge is 0.210 e. The fourth-order valence-corrected chi connectivity index (χ4v) is 3.98. The lowest BCUT2D eigenvalue weighted by atomic mass is 9.83. The highest BCUT2D eigenvalue weighted by Crippen LogP contribution is 2.28. The van der Waals surface area contributed by atoms with E-state index in [1.807, 2.05) is 30.3 Å². The quantitative estimate of drug-likeness (QED) is 0.734. The van der Waals surface area contributed by atoms with Crippen molar-refractivity contribution < 1.29 is 9.59 Å². The maximum absolute atomic E-state index is 13.2. The summed E-state index contributed by atoms with van der Waals surface area (Å²) in [5, 5.41) is 0. The minimum Gasteiger partial charge on any atom is -0.292 e. The predicted molar refractivity (Wildman–Crippen MR) is 106 cm³/mol. The molecule has 1 heterocycles. The number of nitrogens with zero attached hydrogens (tertiary/aromatic N) is 2. The number of halogens is 1. The first-order valence-electron chi connectivity index (χ1n) is 8.91. The summed E-state index contributed by atoms with van der Waals surface area (Å²) in [7, 11) is 0. The van der Waals surface area contributed by atoms with Crippen molar-refractivity contribution in [3.8, 4) is 0 Å². The van der Waals surface area contributed by atoms with Crippen molar-refractivity contribution in [2.45, 2.75) is 25.3 Å². The number of carbonyl (C=O) groups is 2. The van der Waals surface area contributed by atoms with Gasteiger partial charge in [0.05, 0.1) is 5.69 Å². The van der Waals surface area contributed by atoms with Gasteiger partial charge in [-0.05, 0) is 50.2 Å². The first-order valence-corrected chi connectivity index (χ1v) is 9.70. The van der Waals surface area contributed by atoms with Crippen molar-refractivity contribution in [3.05, 3.63) is 64.1 Å². The number of carbonyl (C=O) groups excluding carboxylic acids is 2. The van der Waals surface area contributed by atoms with E-state index in [-0.39, 0.29) is 11.6 Å². The van der Waals surface area contributed by atoms with Crippen LogP contribution >= 0.6 is 15.9 Å². The highest BCUT2D eigenvalue weighted by atomic mass is 79.9. The Morgan fingerprint density at radius 1 is 0.885 bits per heavy atom. The van der Waals surface area contributed by atoms with E-state index in [9.17, 15) is 9.59 Å². The molecular formula is C21H19BrN2O2. The third-order valence-electron chi connectivity index (χ3n) is 5.01. The van der Waals surface area contributed by atoms with Crippen LogP contribution in [-0.4, -0.2) is 41.3 Å². The van der Waals surface area contributed by atoms with Gasteiger partial charge < -0.3 is 0 Å². The first-order chi connectivity index (χ1) is 12.6. The van der Waals surface area contributed by atoms with Gasteiger partial charge in [-0.1, -0.05) is 46.6 Å². The Hall–Kier alpha value is -2.11. The van der Waals surface area contributed by atoms with Crippen molar-refractivity contribution in [2.24, 2.45) is 4.99 Å². The summed E-state index contributed by atoms with van der Waals surface area (Å²) in [4.78, 5) is 33.2. The van der Waals surface area contributed by atoms with E-state index in [0.717, 1.165) is 30.4 Å². The fraction of sp³-hybridized carbons (Fsp3) is 0.286. The number of hydrogen-bond acceptors (Lipinski definition) is 4.